The van der Waals surface area contributed by atoms with E-state index in [-0.39, 0.29) is 12.1 Å². The van der Waals surface area contributed by atoms with Crippen LogP contribution in [-0.4, -0.2) is 34.2 Å². The third kappa shape index (κ3) is 3.06. The normalized spacial score (nSPS) is 23.2. The fraction of sp³-hybridized carbons (Fsp3) is 0.700. The Kier molecular flexibility index (Phi) is 4.27. The molecule has 2 atom stereocenters. The standard InChI is InChI=1S/C10H16N8/c1-2-12-10-15-6-14-9(16-10)7-3-4-13-8(5-7)17-18-11/h6-8,13H,2-5H2,1H3,(H,12,14,15,16). The van der Waals surface area contributed by atoms with Gasteiger partial charge in [-0.1, -0.05) is 5.11 Å². The van der Waals surface area contributed by atoms with Gasteiger partial charge in [-0.2, -0.15) is 4.98 Å². The average Bonchev–Trinajstić information content (AvgIpc) is 2.40. The van der Waals surface area contributed by atoms with Crippen LogP contribution in [0.4, 0.5) is 5.95 Å². The molecular formula is C10H16N8. The van der Waals surface area contributed by atoms with Gasteiger partial charge in [-0.05, 0) is 31.8 Å². The van der Waals surface area contributed by atoms with Crippen molar-refractivity contribution >= 4 is 5.95 Å². The molecule has 0 spiro atoms. The summed E-state index contributed by atoms with van der Waals surface area (Å²) in [7, 11) is 0. The van der Waals surface area contributed by atoms with E-state index in [1.807, 2.05) is 6.92 Å². The van der Waals surface area contributed by atoms with Crippen molar-refractivity contribution < 1.29 is 0 Å². The van der Waals surface area contributed by atoms with Crippen molar-refractivity contribution in [2.75, 3.05) is 18.4 Å². The minimum absolute atomic E-state index is 0.173. The first-order chi connectivity index (χ1) is 8.83. The lowest BCUT2D eigenvalue weighted by Gasteiger charge is -2.26. The molecule has 1 aromatic rings. The van der Waals surface area contributed by atoms with Gasteiger partial charge in [-0.25, -0.2) is 9.97 Å². The summed E-state index contributed by atoms with van der Waals surface area (Å²) in [6.45, 7) is 3.57. The van der Waals surface area contributed by atoms with E-state index in [0.717, 1.165) is 31.8 Å². The summed E-state index contributed by atoms with van der Waals surface area (Å²) < 4.78 is 0. The Hall–Kier alpha value is -1.92. The molecule has 1 aliphatic heterocycles. The van der Waals surface area contributed by atoms with Gasteiger partial charge in [0.1, 0.15) is 12.2 Å². The van der Waals surface area contributed by atoms with E-state index in [4.69, 9.17) is 5.53 Å². The second-order valence-corrected chi connectivity index (χ2v) is 4.09. The van der Waals surface area contributed by atoms with Crippen LogP contribution in [0.3, 0.4) is 0 Å². The van der Waals surface area contributed by atoms with Crippen LogP contribution in [0.25, 0.3) is 10.4 Å². The maximum atomic E-state index is 8.46. The third-order valence-electron chi connectivity index (χ3n) is 2.86. The zero-order valence-corrected chi connectivity index (χ0v) is 10.2. The maximum Gasteiger partial charge on any atom is 0.225 e. The molecule has 96 valence electrons. The lowest BCUT2D eigenvalue weighted by molar-refractivity contribution is 0.359. The number of hydrogen-bond donors (Lipinski definition) is 2. The monoisotopic (exact) mass is 248 g/mol. The molecule has 0 radical (unpaired) electrons. The lowest BCUT2D eigenvalue weighted by Crippen LogP contribution is -2.36. The number of anilines is 1. The Morgan fingerprint density at radius 1 is 1.61 bits per heavy atom. The topological polar surface area (TPSA) is 111 Å². The molecule has 2 N–H and O–H groups in total. The van der Waals surface area contributed by atoms with Gasteiger partial charge in [0.25, 0.3) is 0 Å². The summed E-state index contributed by atoms with van der Waals surface area (Å²) in [6.07, 6.45) is 3.01. The molecule has 8 heteroatoms. The number of nitrogens with zero attached hydrogens (tertiary/aromatic N) is 6. The van der Waals surface area contributed by atoms with E-state index in [1.54, 1.807) is 0 Å². The summed E-state index contributed by atoms with van der Waals surface area (Å²) in [5, 5.41) is 9.92. The number of hydrogen-bond acceptors (Lipinski definition) is 6. The minimum atomic E-state index is -0.173. The fourth-order valence-corrected chi connectivity index (χ4v) is 2.03. The van der Waals surface area contributed by atoms with Gasteiger partial charge in [0.05, 0.1) is 6.17 Å². The van der Waals surface area contributed by atoms with Gasteiger partial charge in [0.15, 0.2) is 0 Å². The molecule has 8 nitrogen and oxygen atoms in total. The van der Waals surface area contributed by atoms with E-state index >= 15 is 0 Å². The Morgan fingerprint density at radius 3 is 3.28 bits per heavy atom. The van der Waals surface area contributed by atoms with Crippen LogP contribution in [0, 0.1) is 0 Å². The fourth-order valence-electron chi connectivity index (χ4n) is 2.03. The van der Waals surface area contributed by atoms with E-state index in [1.165, 1.54) is 6.33 Å². The molecule has 1 fully saturated rings. The van der Waals surface area contributed by atoms with E-state index in [2.05, 4.69) is 35.6 Å². The maximum absolute atomic E-state index is 8.46. The van der Waals surface area contributed by atoms with Crippen LogP contribution in [0.15, 0.2) is 11.4 Å². The van der Waals surface area contributed by atoms with Gasteiger partial charge in [0.2, 0.25) is 5.95 Å². The van der Waals surface area contributed by atoms with Gasteiger partial charge in [-0.15, -0.1) is 0 Å². The molecule has 0 aliphatic carbocycles. The molecule has 2 heterocycles. The van der Waals surface area contributed by atoms with Crippen LogP contribution >= 0.6 is 0 Å². The predicted molar refractivity (Wildman–Crippen MR) is 66.9 cm³/mol. The summed E-state index contributed by atoms with van der Waals surface area (Å²) in [5.74, 6) is 1.57. The van der Waals surface area contributed by atoms with Gasteiger partial charge in [0, 0.05) is 17.4 Å². The highest BCUT2D eigenvalue weighted by molar-refractivity contribution is 5.22. The van der Waals surface area contributed by atoms with Crippen molar-refractivity contribution in [3.8, 4) is 0 Å². The Labute approximate surface area is 105 Å². The molecule has 2 unspecified atom stereocenters. The van der Waals surface area contributed by atoms with Crippen LogP contribution in [0.5, 0.6) is 0 Å². The third-order valence-corrected chi connectivity index (χ3v) is 2.86. The van der Waals surface area contributed by atoms with Crippen LogP contribution in [0.1, 0.15) is 31.5 Å². The molecule has 1 aliphatic rings. The van der Waals surface area contributed by atoms with Crippen molar-refractivity contribution in [3.63, 3.8) is 0 Å². The molecule has 0 bridgehead atoms. The number of azide groups is 1. The number of piperidine rings is 1. The highest BCUT2D eigenvalue weighted by atomic mass is 15.2. The van der Waals surface area contributed by atoms with Crippen molar-refractivity contribution in [2.24, 2.45) is 5.11 Å². The van der Waals surface area contributed by atoms with Crippen LogP contribution in [-0.2, 0) is 0 Å². The summed E-state index contributed by atoms with van der Waals surface area (Å²) in [6, 6.07) is 0. The molecule has 18 heavy (non-hydrogen) atoms. The van der Waals surface area contributed by atoms with Gasteiger partial charge < -0.3 is 10.6 Å². The van der Waals surface area contributed by atoms with Crippen molar-refractivity contribution in [1.29, 1.82) is 0 Å². The average molecular weight is 248 g/mol. The smallest absolute Gasteiger partial charge is 0.225 e. The molecule has 1 aromatic heterocycles. The van der Waals surface area contributed by atoms with Crippen LogP contribution < -0.4 is 10.6 Å². The van der Waals surface area contributed by atoms with E-state index < -0.39 is 0 Å². The van der Waals surface area contributed by atoms with E-state index in [9.17, 15) is 0 Å². The van der Waals surface area contributed by atoms with E-state index in [0.29, 0.717) is 5.95 Å². The zero-order valence-electron chi connectivity index (χ0n) is 10.2. The number of rotatable bonds is 4. The second kappa shape index (κ2) is 6.13. The van der Waals surface area contributed by atoms with Crippen molar-refractivity contribution in [3.05, 3.63) is 22.6 Å². The molecule has 1 saturated heterocycles. The Balaban J connectivity index is 2.10. The van der Waals surface area contributed by atoms with Crippen molar-refractivity contribution in [1.82, 2.24) is 20.3 Å². The summed E-state index contributed by atoms with van der Waals surface area (Å²) in [5.41, 5.74) is 8.46. The minimum Gasteiger partial charge on any atom is -0.354 e. The lowest BCUT2D eigenvalue weighted by atomic mass is 9.95. The first-order valence-corrected chi connectivity index (χ1v) is 6.04. The molecule has 0 aromatic carbocycles. The van der Waals surface area contributed by atoms with Crippen molar-refractivity contribution in [2.45, 2.75) is 31.8 Å². The molecule has 0 amide bonds. The quantitative estimate of drug-likeness (QED) is 0.475. The number of nitrogens with one attached hydrogen (secondary N) is 2. The predicted octanol–water partition coefficient (Wildman–Crippen LogP) is 1.41. The zero-order chi connectivity index (χ0) is 12.8. The van der Waals surface area contributed by atoms with Gasteiger partial charge >= 0.3 is 0 Å². The highest BCUT2D eigenvalue weighted by Gasteiger charge is 2.24. The van der Waals surface area contributed by atoms with Gasteiger partial charge in [-0.3, -0.25) is 0 Å². The largest absolute Gasteiger partial charge is 0.354 e. The molecular weight excluding hydrogens is 232 g/mol. The molecule has 0 saturated carbocycles. The summed E-state index contributed by atoms with van der Waals surface area (Å²) in [4.78, 5) is 15.5. The molecule has 2 rings (SSSR count). The SMILES string of the molecule is CCNc1ncnc(C2CCNC(N=[N+]=[N-])C2)n1. The second-order valence-electron chi connectivity index (χ2n) is 4.09. The number of aromatic nitrogens is 3. The Morgan fingerprint density at radius 2 is 2.50 bits per heavy atom. The first kappa shape index (κ1) is 12.5. The highest BCUT2D eigenvalue weighted by Crippen LogP contribution is 2.25. The summed E-state index contributed by atoms with van der Waals surface area (Å²) >= 11 is 0. The first-order valence-electron chi connectivity index (χ1n) is 6.04. The van der Waals surface area contributed by atoms with Crippen LogP contribution in [0.2, 0.25) is 0 Å². The Bertz CT molecular complexity index is 441.